The van der Waals surface area contributed by atoms with E-state index >= 15 is 0 Å². The molecular formula is C7H17O6P. The molecule has 0 aromatic heterocycles. The van der Waals surface area contributed by atoms with Crippen LogP contribution in [0, 0.1) is 0 Å². The number of carbonyl (C=O) groups excluding carboxylic acids is 1. The summed E-state index contributed by atoms with van der Waals surface area (Å²) in [6.07, 6.45) is 0.0876. The van der Waals surface area contributed by atoms with Gasteiger partial charge in [0.05, 0.1) is 6.61 Å². The van der Waals surface area contributed by atoms with Gasteiger partial charge in [0.2, 0.25) is 0 Å². The fraction of sp³-hybridized carbons (Fsp3) is 0.857. The molecule has 0 aromatic carbocycles. The summed E-state index contributed by atoms with van der Waals surface area (Å²) in [5.74, 6) is -1.69. The van der Waals surface area contributed by atoms with Crippen LogP contribution >= 0.6 is 7.60 Å². The lowest BCUT2D eigenvalue weighted by molar-refractivity contribution is -0.140. The van der Waals surface area contributed by atoms with Crippen molar-refractivity contribution in [3.63, 3.8) is 0 Å². The van der Waals surface area contributed by atoms with Gasteiger partial charge in [-0.15, -0.1) is 0 Å². The Morgan fingerprint density at radius 1 is 1.43 bits per heavy atom. The molecule has 0 aliphatic carbocycles. The predicted octanol–water partition coefficient (Wildman–Crippen LogP) is 0.462. The van der Waals surface area contributed by atoms with Gasteiger partial charge in [-0.3, -0.25) is 9.36 Å². The monoisotopic (exact) mass is 228 g/mol. The molecule has 0 amide bonds. The summed E-state index contributed by atoms with van der Waals surface area (Å²) in [6.45, 7) is 5.16. The molecule has 0 aromatic rings. The van der Waals surface area contributed by atoms with Crippen LogP contribution in [-0.4, -0.2) is 33.3 Å². The van der Waals surface area contributed by atoms with E-state index in [1.807, 2.05) is 0 Å². The highest BCUT2D eigenvalue weighted by Crippen LogP contribution is 2.40. The van der Waals surface area contributed by atoms with E-state index in [2.05, 4.69) is 4.74 Å². The van der Waals surface area contributed by atoms with Crippen molar-refractivity contribution in [1.82, 2.24) is 0 Å². The Morgan fingerprint density at radius 2 is 1.86 bits per heavy atom. The summed E-state index contributed by atoms with van der Waals surface area (Å²) >= 11 is 0. The number of hydrogen-bond acceptors (Lipinski definition) is 4. The van der Waals surface area contributed by atoms with Crippen LogP contribution in [0.25, 0.3) is 0 Å². The lowest BCUT2D eigenvalue weighted by atomic mass is 10.5. The summed E-state index contributed by atoms with van der Waals surface area (Å²) in [7, 11) is -4.20. The first-order chi connectivity index (χ1) is 6.25. The highest BCUT2D eigenvalue weighted by molar-refractivity contribution is 7.52. The third-order valence-corrected chi connectivity index (χ3v) is 2.24. The molecule has 3 N–H and O–H groups in total. The van der Waals surface area contributed by atoms with E-state index in [-0.39, 0.29) is 12.4 Å². The van der Waals surface area contributed by atoms with E-state index in [4.69, 9.17) is 14.9 Å². The number of esters is 1. The van der Waals surface area contributed by atoms with E-state index in [1.165, 1.54) is 13.8 Å². The average molecular weight is 228 g/mol. The standard InChI is InChI=1S/C4H8O2.C3H9O4P/c1-3-6-4(2)5;1-2-3(4)8(5,6)7/h3H2,1-2H3;3-4H,2H2,1H3,(H2,5,6,7). The van der Waals surface area contributed by atoms with Crippen molar-refractivity contribution >= 4 is 13.6 Å². The van der Waals surface area contributed by atoms with Crippen LogP contribution in [0.5, 0.6) is 0 Å². The minimum atomic E-state index is -4.20. The molecule has 6 nitrogen and oxygen atoms in total. The zero-order valence-electron chi connectivity index (χ0n) is 8.51. The van der Waals surface area contributed by atoms with Crippen molar-refractivity contribution in [3.05, 3.63) is 0 Å². The SMILES string of the molecule is CCC(O)P(=O)(O)O.CCOC(C)=O. The van der Waals surface area contributed by atoms with Gasteiger partial charge in [0.25, 0.3) is 0 Å². The molecule has 0 saturated carbocycles. The van der Waals surface area contributed by atoms with Crippen LogP contribution in [0.1, 0.15) is 27.2 Å². The second-order valence-electron chi connectivity index (χ2n) is 2.40. The molecule has 86 valence electrons. The number of hydrogen-bond donors (Lipinski definition) is 3. The summed E-state index contributed by atoms with van der Waals surface area (Å²) < 4.78 is 14.4. The van der Waals surface area contributed by atoms with Crippen LogP contribution in [-0.2, 0) is 14.1 Å². The maximum Gasteiger partial charge on any atom is 0.353 e. The van der Waals surface area contributed by atoms with Gasteiger partial charge in [-0.2, -0.15) is 0 Å². The summed E-state index contributed by atoms with van der Waals surface area (Å²) in [5, 5.41) is 8.43. The minimum Gasteiger partial charge on any atom is -0.466 e. The third kappa shape index (κ3) is 11.6. The quantitative estimate of drug-likeness (QED) is 0.479. The largest absolute Gasteiger partial charge is 0.466 e. The first-order valence-corrected chi connectivity index (χ1v) is 5.80. The number of aliphatic hydroxyl groups is 1. The van der Waals surface area contributed by atoms with Gasteiger partial charge in [-0.25, -0.2) is 0 Å². The molecule has 0 aliphatic rings. The van der Waals surface area contributed by atoms with E-state index < -0.39 is 13.4 Å². The highest BCUT2D eigenvalue weighted by atomic mass is 31.2. The van der Waals surface area contributed by atoms with E-state index in [0.717, 1.165) is 0 Å². The Balaban J connectivity index is 0. The van der Waals surface area contributed by atoms with Crippen molar-refractivity contribution in [3.8, 4) is 0 Å². The van der Waals surface area contributed by atoms with Gasteiger partial charge in [-0.1, -0.05) is 6.92 Å². The van der Waals surface area contributed by atoms with Crippen LogP contribution in [0.15, 0.2) is 0 Å². The van der Waals surface area contributed by atoms with Crippen LogP contribution in [0.2, 0.25) is 0 Å². The van der Waals surface area contributed by atoms with E-state index in [9.17, 15) is 9.36 Å². The maximum absolute atomic E-state index is 10.0. The second kappa shape index (κ2) is 7.94. The Hall–Kier alpha value is -0.420. The van der Waals surface area contributed by atoms with Crippen molar-refractivity contribution in [2.75, 3.05) is 6.61 Å². The molecule has 0 heterocycles. The summed E-state index contributed by atoms with van der Waals surface area (Å²) in [6, 6.07) is 0. The van der Waals surface area contributed by atoms with Crippen LogP contribution in [0.3, 0.4) is 0 Å². The van der Waals surface area contributed by atoms with Gasteiger partial charge in [0.15, 0.2) is 5.85 Å². The highest BCUT2D eigenvalue weighted by Gasteiger charge is 2.23. The molecule has 0 saturated heterocycles. The Bertz CT molecular complexity index is 198. The molecule has 0 radical (unpaired) electrons. The van der Waals surface area contributed by atoms with Crippen molar-refractivity contribution in [2.24, 2.45) is 0 Å². The molecule has 0 aliphatic heterocycles. The Kier molecular flexibility index (Phi) is 9.08. The maximum atomic E-state index is 10.0. The second-order valence-corrected chi connectivity index (χ2v) is 4.18. The molecule has 0 fully saturated rings. The smallest absolute Gasteiger partial charge is 0.353 e. The molecule has 0 spiro atoms. The van der Waals surface area contributed by atoms with E-state index in [0.29, 0.717) is 6.61 Å². The van der Waals surface area contributed by atoms with Crippen LogP contribution in [0.4, 0.5) is 0 Å². The lowest BCUT2D eigenvalue weighted by Gasteiger charge is -2.07. The predicted molar refractivity (Wildman–Crippen MR) is 50.6 cm³/mol. The summed E-state index contributed by atoms with van der Waals surface area (Å²) in [4.78, 5) is 26.1. The van der Waals surface area contributed by atoms with Crippen LogP contribution < -0.4 is 0 Å². The molecule has 1 atom stereocenters. The topological polar surface area (TPSA) is 104 Å². The number of carbonyl (C=O) groups is 1. The lowest BCUT2D eigenvalue weighted by Crippen LogP contribution is -2.03. The zero-order valence-corrected chi connectivity index (χ0v) is 9.40. The fourth-order valence-corrected chi connectivity index (χ4v) is 0.917. The minimum absolute atomic E-state index is 0.0876. The average Bonchev–Trinajstić information content (AvgIpc) is 2.02. The summed E-state index contributed by atoms with van der Waals surface area (Å²) in [5.41, 5.74) is 0. The molecular weight excluding hydrogens is 211 g/mol. The fourth-order valence-electron chi connectivity index (χ4n) is 0.441. The normalized spacial score (nSPS) is 12.4. The number of aliphatic hydroxyl groups excluding tert-OH is 1. The Labute approximate surface area is 83.1 Å². The van der Waals surface area contributed by atoms with Gasteiger partial charge in [0, 0.05) is 6.92 Å². The zero-order chi connectivity index (χ0) is 11.8. The van der Waals surface area contributed by atoms with Gasteiger partial charge in [0.1, 0.15) is 0 Å². The van der Waals surface area contributed by atoms with Crippen molar-refractivity contribution in [2.45, 2.75) is 33.0 Å². The molecule has 14 heavy (non-hydrogen) atoms. The molecule has 0 bridgehead atoms. The third-order valence-electron chi connectivity index (χ3n) is 1.10. The number of ether oxygens (including phenoxy) is 1. The first-order valence-electron chi connectivity index (χ1n) is 4.12. The van der Waals surface area contributed by atoms with E-state index in [1.54, 1.807) is 6.92 Å². The molecule has 1 unspecified atom stereocenters. The first kappa shape index (κ1) is 16.0. The van der Waals surface area contributed by atoms with Gasteiger partial charge in [-0.05, 0) is 13.3 Å². The number of rotatable bonds is 3. The molecule has 0 rings (SSSR count). The van der Waals surface area contributed by atoms with Gasteiger partial charge < -0.3 is 19.6 Å². The van der Waals surface area contributed by atoms with Crippen molar-refractivity contribution in [1.29, 1.82) is 0 Å². The molecule has 7 heteroatoms. The Morgan fingerprint density at radius 3 is 1.86 bits per heavy atom. The van der Waals surface area contributed by atoms with Crippen molar-refractivity contribution < 1.29 is 29.0 Å². The van der Waals surface area contributed by atoms with Gasteiger partial charge >= 0.3 is 13.6 Å².